The van der Waals surface area contributed by atoms with E-state index in [9.17, 15) is 0 Å². The van der Waals surface area contributed by atoms with E-state index < -0.39 is 0 Å². The number of hydrogen-bond donors (Lipinski definition) is 1. The average molecular weight is 215 g/mol. The number of hydrogen-bond acceptors (Lipinski definition) is 2. The van der Waals surface area contributed by atoms with Crippen LogP contribution in [0, 0.1) is 0 Å². The van der Waals surface area contributed by atoms with Gasteiger partial charge in [-0.25, -0.2) is 4.98 Å². The lowest BCUT2D eigenvalue weighted by Crippen LogP contribution is -2.20. The molecule has 0 spiro atoms. The van der Waals surface area contributed by atoms with Gasteiger partial charge in [-0.05, 0) is 12.6 Å². The van der Waals surface area contributed by atoms with Gasteiger partial charge in [-0.2, -0.15) is 0 Å². The van der Waals surface area contributed by atoms with Crippen molar-refractivity contribution in [2.24, 2.45) is 7.05 Å². The fourth-order valence-electron chi connectivity index (χ4n) is 1.85. The Bertz CT molecular complexity index is 433. The molecule has 0 aliphatic heterocycles. The van der Waals surface area contributed by atoms with Crippen LogP contribution in [0.25, 0.3) is 0 Å². The highest BCUT2D eigenvalue weighted by atomic mass is 15.0. The molecule has 1 atom stereocenters. The van der Waals surface area contributed by atoms with Gasteiger partial charge >= 0.3 is 0 Å². The lowest BCUT2D eigenvalue weighted by atomic mass is 10.0. The Morgan fingerprint density at radius 1 is 1.31 bits per heavy atom. The third-order valence-corrected chi connectivity index (χ3v) is 2.86. The van der Waals surface area contributed by atoms with Gasteiger partial charge in [0.05, 0.1) is 0 Å². The maximum atomic E-state index is 4.35. The topological polar surface area (TPSA) is 29.9 Å². The van der Waals surface area contributed by atoms with E-state index in [2.05, 4.69) is 39.1 Å². The van der Waals surface area contributed by atoms with Gasteiger partial charge in [-0.3, -0.25) is 0 Å². The fraction of sp³-hybridized carbons (Fsp3) is 0.308. The van der Waals surface area contributed by atoms with E-state index in [-0.39, 0.29) is 0 Å². The van der Waals surface area contributed by atoms with E-state index in [0.717, 1.165) is 12.2 Å². The van der Waals surface area contributed by atoms with E-state index in [1.165, 1.54) is 5.56 Å². The van der Waals surface area contributed by atoms with Crippen molar-refractivity contribution >= 4 is 0 Å². The second-order valence-electron chi connectivity index (χ2n) is 3.91. The standard InChI is InChI=1S/C13H17N3/c1-14-12(11-6-4-3-5-7-11)10-13-15-8-9-16(13)2/h3-9,12,14H,10H2,1-2H3. The molecule has 0 saturated carbocycles. The predicted molar refractivity (Wildman–Crippen MR) is 65.2 cm³/mol. The first-order valence-electron chi connectivity index (χ1n) is 5.49. The zero-order chi connectivity index (χ0) is 11.4. The minimum Gasteiger partial charge on any atom is -0.338 e. The molecule has 3 heteroatoms. The van der Waals surface area contributed by atoms with Gasteiger partial charge in [0, 0.05) is 31.9 Å². The maximum absolute atomic E-state index is 4.35. The Balaban J connectivity index is 2.16. The van der Waals surface area contributed by atoms with Gasteiger partial charge in [-0.1, -0.05) is 30.3 Å². The van der Waals surface area contributed by atoms with E-state index >= 15 is 0 Å². The second kappa shape index (κ2) is 4.94. The Hall–Kier alpha value is -1.61. The van der Waals surface area contributed by atoms with E-state index in [4.69, 9.17) is 0 Å². The summed E-state index contributed by atoms with van der Waals surface area (Å²) in [6.07, 6.45) is 4.73. The Morgan fingerprint density at radius 2 is 2.06 bits per heavy atom. The van der Waals surface area contributed by atoms with Crippen molar-refractivity contribution in [2.75, 3.05) is 7.05 Å². The summed E-state index contributed by atoms with van der Waals surface area (Å²) in [5, 5.41) is 3.33. The molecular weight excluding hydrogens is 198 g/mol. The van der Waals surface area contributed by atoms with Crippen molar-refractivity contribution in [1.82, 2.24) is 14.9 Å². The molecule has 0 radical (unpaired) electrons. The SMILES string of the molecule is CNC(Cc1nccn1C)c1ccccc1. The summed E-state index contributed by atoms with van der Waals surface area (Å²) < 4.78 is 2.06. The summed E-state index contributed by atoms with van der Waals surface area (Å²) in [6.45, 7) is 0. The molecule has 0 aliphatic carbocycles. The first-order valence-corrected chi connectivity index (χ1v) is 5.49. The second-order valence-corrected chi connectivity index (χ2v) is 3.91. The molecule has 1 heterocycles. The molecule has 3 nitrogen and oxygen atoms in total. The minimum atomic E-state index is 0.322. The maximum Gasteiger partial charge on any atom is 0.110 e. The number of aromatic nitrogens is 2. The highest BCUT2D eigenvalue weighted by Gasteiger charge is 2.11. The first-order chi connectivity index (χ1) is 7.81. The molecule has 0 saturated heterocycles. The third kappa shape index (κ3) is 2.31. The summed E-state index contributed by atoms with van der Waals surface area (Å²) in [5.74, 6) is 1.10. The van der Waals surface area contributed by atoms with Crippen LogP contribution in [0.1, 0.15) is 17.4 Å². The summed E-state index contributed by atoms with van der Waals surface area (Å²) in [4.78, 5) is 4.35. The van der Waals surface area contributed by atoms with Crippen LogP contribution in [-0.4, -0.2) is 16.6 Å². The highest BCUT2D eigenvalue weighted by Crippen LogP contribution is 2.16. The van der Waals surface area contributed by atoms with Crippen LogP contribution in [0.15, 0.2) is 42.7 Å². The third-order valence-electron chi connectivity index (χ3n) is 2.86. The molecule has 0 amide bonds. The highest BCUT2D eigenvalue weighted by molar-refractivity contribution is 5.20. The van der Waals surface area contributed by atoms with Crippen LogP contribution in [0.2, 0.25) is 0 Å². The molecule has 0 fully saturated rings. The van der Waals surface area contributed by atoms with Gasteiger partial charge in [0.2, 0.25) is 0 Å². The van der Waals surface area contributed by atoms with Gasteiger partial charge in [-0.15, -0.1) is 0 Å². The van der Waals surface area contributed by atoms with Gasteiger partial charge in [0.1, 0.15) is 5.82 Å². The largest absolute Gasteiger partial charge is 0.338 e. The summed E-state index contributed by atoms with van der Waals surface area (Å²) >= 11 is 0. The summed E-state index contributed by atoms with van der Waals surface area (Å²) in [6, 6.07) is 10.8. The number of aryl methyl sites for hydroxylation is 1. The smallest absolute Gasteiger partial charge is 0.110 e. The van der Waals surface area contributed by atoms with Crippen LogP contribution in [0.4, 0.5) is 0 Å². The van der Waals surface area contributed by atoms with E-state index in [1.807, 2.05) is 32.6 Å². The first kappa shape index (κ1) is 10.9. The Kier molecular flexibility index (Phi) is 3.37. The molecule has 1 aromatic heterocycles. The Morgan fingerprint density at radius 3 is 2.62 bits per heavy atom. The number of imidazole rings is 1. The molecule has 16 heavy (non-hydrogen) atoms. The Labute approximate surface area is 96.1 Å². The normalized spacial score (nSPS) is 12.6. The zero-order valence-electron chi connectivity index (χ0n) is 9.72. The van der Waals surface area contributed by atoms with Crippen molar-refractivity contribution in [3.63, 3.8) is 0 Å². The van der Waals surface area contributed by atoms with E-state index in [0.29, 0.717) is 6.04 Å². The predicted octanol–water partition coefficient (Wildman–Crippen LogP) is 1.92. The van der Waals surface area contributed by atoms with Crippen LogP contribution < -0.4 is 5.32 Å². The van der Waals surface area contributed by atoms with Crippen LogP contribution >= 0.6 is 0 Å². The van der Waals surface area contributed by atoms with Gasteiger partial charge in [0.15, 0.2) is 0 Å². The molecule has 0 aliphatic rings. The van der Waals surface area contributed by atoms with Crippen molar-refractivity contribution < 1.29 is 0 Å². The molecule has 84 valence electrons. The van der Waals surface area contributed by atoms with Crippen molar-refractivity contribution in [1.29, 1.82) is 0 Å². The molecule has 0 bridgehead atoms. The molecular formula is C13H17N3. The number of nitrogens with one attached hydrogen (secondary N) is 1. The van der Waals surface area contributed by atoms with E-state index in [1.54, 1.807) is 0 Å². The minimum absolute atomic E-state index is 0.322. The molecule has 1 unspecified atom stereocenters. The molecule has 1 aromatic carbocycles. The zero-order valence-corrected chi connectivity index (χ0v) is 9.72. The van der Waals surface area contributed by atoms with Crippen LogP contribution in [0.5, 0.6) is 0 Å². The number of rotatable bonds is 4. The summed E-state index contributed by atoms with van der Waals surface area (Å²) in [5.41, 5.74) is 1.30. The van der Waals surface area contributed by atoms with Crippen LogP contribution in [-0.2, 0) is 13.5 Å². The van der Waals surface area contributed by atoms with Crippen LogP contribution in [0.3, 0.4) is 0 Å². The monoisotopic (exact) mass is 215 g/mol. The number of benzene rings is 1. The summed E-state index contributed by atoms with van der Waals surface area (Å²) in [7, 11) is 4.01. The molecule has 2 rings (SSSR count). The van der Waals surface area contributed by atoms with Crippen molar-refractivity contribution in [3.8, 4) is 0 Å². The average Bonchev–Trinajstić information content (AvgIpc) is 2.73. The fourth-order valence-corrected chi connectivity index (χ4v) is 1.85. The van der Waals surface area contributed by atoms with Crippen molar-refractivity contribution in [2.45, 2.75) is 12.5 Å². The number of nitrogens with zero attached hydrogens (tertiary/aromatic N) is 2. The van der Waals surface area contributed by atoms with Crippen molar-refractivity contribution in [3.05, 3.63) is 54.1 Å². The molecule has 2 aromatic rings. The molecule has 1 N–H and O–H groups in total. The number of likely N-dealkylation sites (N-methyl/N-ethyl adjacent to an activating group) is 1. The quantitative estimate of drug-likeness (QED) is 0.844. The van der Waals surface area contributed by atoms with Gasteiger partial charge < -0.3 is 9.88 Å². The van der Waals surface area contributed by atoms with Gasteiger partial charge in [0.25, 0.3) is 0 Å². The lowest BCUT2D eigenvalue weighted by Gasteiger charge is -2.16. The lowest BCUT2D eigenvalue weighted by molar-refractivity contribution is 0.564.